The predicted molar refractivity (Wildman–Crippen MR) is 242 cm³/mol. The van der Waals surface area contributed by atoms with Gasteiger partial charge in [-0.15, -0.1) is 0 Å². The molecule has 9 aromatic carbocycles. The minimum atomic E-state index is 1.12. The van der Waals surface area contributed by atoms with Crippen molar-refractivity contribution < 1.29 is 0 Å². The van der Waals surface area contributed by atoms with Gasteiger partial charge in [0, 0.05) is 33.5 Å². The predicted octanol–water partition coefficient (Wildman–Crippen LogP) is 15.2. The van der Waals surface area contributed by atoms with Gasteiger partial charge in [-0.05, 0) is 118 Å². The van der Waals surface area contributed by atoms with Crippen molar-refractivity contribution in [1.29, 1.82) is 0 Å². The fourth-order valence-electron chi connectivity index (χ4n) is 8.10. The highest BCUT2D eigenvalue weighted by molar-refractivity contribution is 6.10. The molecule has 0 N–H and O–H groups in total. The lowest BCUT2D eigenvalue weighted by Crippen LogP contribution is -2.09. The highest BCUT2D eigenvalue weighted by Gasteiger charge is 2.15. The molecule has 0 amide bonds. The Morgan fingerprint density at radius 1 is 0.298 bits per heavy atom. The standard InChI is InChI=1S/C55H40N2/c1-39-16-31-51(32-17-39)57-54-15-9-8-14-52(54)53-38-47(30-37-55(53)57)46-24-22-42(23-25-46)41-18-20-43(21-19-41)45-28-35-50(36-29-45)56(48-12-6-3-7-13-48)49-33-26-44(27-34-49)40-10-4-2-5-11-40/h2-38H,1H3. The second-order valence-electron chi connectivity index (χ2n) is 14.7. The van der Waals surface area contributed by atoms with Gasteiger partial charge in [-0.25, -0.2) is 0 Å². The van der Waals surface area contributed by atoms with Crippen LogP contribution >= 0.6 is 0 Å². The van der Waals surface area contributed by atoms with Gasteiger partial charge in [0.05, 0.1) is 11.0 Å². The molecule has 1 heterocycles. The number of anilines is 3. The summed E-state index contributed by atoms with van der Waals surface area (Å²) in [5.41, 5.74) is 17.9. The monoisotopic (exact) mass is 728 g/mol. The van der Waals surface area contributed by atoms with Gasteiger partial charge in [0.2, 0.25) is 0 Å². The van der Waals surface area contributed by atoms with E-state index in [2.05, 4.69) is 241 Å². The number of aryl methyl sites for hydroxylation is 1. The lowest BCUT2D eigenvalue weighted by Gasteiger charge is -2.26. The largest absolute Gasteiger partial charge is 0.311 e. The van der Waals surface area contributed by atoms with Crippen molar-refractivity contribution >= 4 is 38.9 Å². The fraction of sp³-hybridized carbons (Fsp3) is 0.0182. The fourth-order valence-corrected chi connectivity index (χ4v) is 8.10. The second kappa shape index (κ2) is 14.7. The Kier molecular flexibility index (Phi) is 8.78. The van der Waals surface area contributed by atoms with E-state index in [9.17, 15) is 0 Å². The molecule has 57 heavy (non-hydrogen) atoms. The average molecular weight is 729 g/mol. The van der Waals surface area contributed by atoms with Crippen LogP contribution in [0.1, 0.15) is 5.56 Å². The molecule has 0 saturated carbocycles. The summed E-state index contributed by atoms with van der Waals surface area (Å²) in [7, 11) is 0. The molecule has 0 unspecified atom stereocenters. The van der Waals surface area contributed by atoms with E-state index in [4.69, 9.17) is 0 Å². The Balaban J connectivity index is 0.891. The van der Waals surface area contributed by atoms with E-state index < -0.39 is 0 Å². The number of hydrogen-bond acceptors (Lipinski definition) is 1. The molecule has 0 aliphatic carbocycles. The highest BCUT2D eigenvalue weighted by atomic mass is 15.1. The highest BCUT2D eigenvalue weighted by Crippen LogP contribution is 2.38. The van der Waals surface area contributed by atoms with Gasteiger partial charge in [0.15, 0.2) is 0 Å². The Morgan fingerprint density at radius 2 is 0.684 bits per heavy atom. The Labute approximate surface area is 334 Å². The maximum absolute atomic E-state index is 2.38. The average Bonchev–Trinajstić information content (AvgIpc) is 3.62. The van der Waals surface area contributed by atoms with E-state index >= 15 is 0 Å². The third kappa shape index (κ3) is 6.58. The summed E-state index contributed by atoms with van der Waals surface area (Å²) in [5.74, 6) is 0. The van der Waals surface area contributed by atoms with Crippen molar-refractivity contribution in [3.8, 4) is 50.2 Å². The molecule has 0 aliphatic heterocycles. The summed E-state index contributed by atoms with van der Waals surface area (Å²) < 4.78 is 2.38. The van der Waals surface area contributed by atoms with Gasteiger partial charge in [0.25, 0.3) is 0 Å². The zero-order chi connectivity index (χ0) is 38.1. The zero-order valence-corrected chi connectivity index (χ0v) is 31.8. The molecule has 2 nitrogen and oxygen atoms in total. The van der Waals surface area contributed by atoms with Crippen molar-refractivity contribution in [3.63, 3.8) is 0 Å². The molecule has 10 rings (SSSR count). The van der Waals surface area contributed by atoms with Crippen LogP contribution in [0, 0.1) is 6.92 Å². The minimum Gasteiger partial charge on any atom is -0.311 e. The van der Waals surface area contributed by atoms with Crippen LogP contribution in [0.25, 0.3) is 72.0 Å². The van der Waals surface area contributed by atoms with Crippen LogP contribution in [-0.2, 0) is 0 Å². The van der Waals surface area contributed by atoms with Crippen LogP contribution < -0.4 is 4.90 Å². The van der Waals surface area contributed by atoms with Crippen LogP contribution in [0.2, 0.25) is 0 Å². The van der Waals surface area contributed by atoms with E-state index in [1.54, 1.807) is 0 Å². The summed E-state index contributed by atoms with van der Waals surface area (Å²) in [6.45, 7) is 2.13. The van der Waals surface area contributed by atoms with Crippen molar-refractivity contribution in [2.24, 2.45) is 0 Å². The molecule has 10 aromatic rings. The number of rotatable bonds is 8. The first-order valence-electron chi connectivity index (χ1n) is 19.6. The molecular weight excluding hydrogens is 689 g/mol. The van der Waals surface area contributed by atoms with Crippen molar-refractivity contribution in [3.05, 3.63) is 230 Å². The van der Waals surface area contributed by atoms with Crippen LogP contribution in [0.3, 0.4) is 0 Å². The number of nitrogens with zero attached hydrogens (tertiary/aromatic N) is 2. The van der Waals surface area contributed by atoms with Gasteiger partial charge < -0.3 is 9.47 Å². The first-order chi connectivity index (χ1) is 28.2. The van der Waals surface area contributed by atoms with Gasteiger partial charge in [-0.2, -0.15) is 0 Å². The zero-order valence-electron chi connectivity index (χ0n) is 31.8. The molecule has 0 atom stereocenters. The lowest BCUT2D eigenvalue weighted by molar-refractivity contribution is 1.17. The maximum atomic E-state index is 2.38. The number of para-hydroxylation sites is 2. The molecule has 0 aliphatic rings. The topological polar surface area (TPSA) is 8.17 Å². The Hall–Kier alpha value is -7.42. The summed E-state index contributed by atoms with van der Waals surface area (Å²) in [6.07, 6.45) is 0. The molecule has 0 radical (unpaired) electrons. The molecule has 270 valence electrons. The quantitative estimate of drug-likeness (QED) is 0.151. The molecule has 0 fully saturated rings. The number of aromatic nitrogens is 1. The third-order valence-electron chi connectivity index (χ3n) is 11.1. The second-order valence-corrected chi connectivity index (χ2v) is 14.7. The summed E-state index contributed by atoms with van der Waals surface area (Å²) in [5, 5.41) is 2.53. The van der Waals surface area contributed by atoms with Gasteiger partial charge >= 0.3 is 0 Å². The normalized spacial score (nSPS) is 11.2. The SMILES string of the molecule is Cc1ccc(-n2c3ccccc3c3cc(-c4ccc(-c5ccc(-c6ccc(N(c7ccccc7)c7ccc(-c8ccccc8)cc7)cc6)cc5)cc4)ccc32)cc1. The molecule has 0 saturated heterocycles. The molecular formula is C55H40N2. The van der Waals surface area contributed by atoms with Crippen LogP contribution in [-0.4, -0.2) is 4.57 Å². The Bertz CT molecular complexity index is 2940. The first kappa shape index (κ1) is 34.1. The van der Waals surface area contributed by atoms with Gasteiger partial charge in [-0.3, -0.25) is 0 Å². The number of benzene rings is 9. The van der Waals surface area contributed by atoms with E-state index in [-0.39, 0.29) is 0 Å². The van der Waals surface area contributed by atoms with Crippen LogP contribution in [0.15, 0.2) is 224 Å². The minimum absolute atomic E-state index is 1.12. The van der Waals surface area contributed by atoms with E-state index in [0.29, 0.717) is 0 Å². The summed E-state index contributed by atoms with van der Waals surface area (Å²) >= 11 is 0. The van der Waals surface area contributed by atoms with Gasteiger partial charge in [0.1, 0.15) is 0 Å². The van der Waals surface area contributed by atoms with Crippen LogP contribution in [0.5, 0.6) is 0 Å². The van der Waals surface area contributed by atoms with E-state index in [1.807, 2.05) is 0 Å². The summed E-state index contributed by atoms with van der Waals surface area (Å²) in [6, 6.07) is 81.1. The first-order valence-corrected chi connectivity index (χ1v) is 19.6. The third-order valence-corrected chi connectivity index (χ3v) is 11.1. The van der Waals surface area contributed by atoms with Gasteiger partial charge in [-0.1, -0.05) is 163 Å². The van der Waals surface area contributed by atoms with E-state index in [1.165, 1.54) is 77.6 Å². The molecule has 2 heteroatoms. The van der Waals surface area contributed by atoms with Crippen molar-refractivity contribution in [2.45, 2.75) is 6.92 Å². The number of fused-ring (bicyclic) bond motifs is 3. The Morgan fingerprint density at radius 3 is 1.23 bits per heavy atom. The maximum Gasteiger partial charge on any atom is 0.0541 e. The molecule has 0 spiro atoms. The van der Waals surface area contributed by atoms with Crippen LogP contribution in [0.4, 0.5) is 17.1 Å². The van der Waals surface area contributed by atoms with Crippen molar-refractivity contribution in [2.75, 3.05) is 4.90 Å². The van der Waals surface area contributed by atoms with E-state index in [0.717, 1.165) is 17.1 Å². The summed E-state index contributed by atoms with van der Waals surface area (Å²) in [4.78, 5) is 2.31. The van der Waals surface area contributed by atoms with Crippen molar-refractivity contribution in [1.82, 2.24) is 4.57 Å². The molecule has 0 bridgehead atoms. The number of hydrogen-bond donors (Lipinski definition) is 0. The molecule has 1 aromatic heterocycles. The smallest absolute Gasteiger partial charge is 0.0541 e. The lowest BCUT2D eigenvalue weighted by atomic mass is 9.97.